The summed E-state index contributed by atoms with van der Waals surface area (Å²) in [6, 6.07) is 0. The van der Waals surface area contributed by atoms with Crippen LogP contribution in [0.1, 0.15) is 26.7 Å². The molecule has 0 N–H and O–H groups in total. The minimum Gasteiger partial charge on any atom is -0.381 e. The Bertz CT molecular complexity index is 190. The smallest absolute Gasteiger partial charge is 0.0525 e. The Morgan fingerprint density at radius 1 is 1.50 bits per heavy atom. The van der Waals surface area contributed by atoms with Crippen LogP contribution < -0.4 is 0 Å². The number of ether oxygens (including phenoxy) is 1. The van der Waals surface area contributed by atoms with Gasteiger partial charge >= 0.3 is 0 Å². The highest BCUT2D eigenvalue weighted by molar-refractivity contribution is 9.09. The van der Waals surface area contributed by atoms with Crippen molar-refractivity contribution >= 4 is 15.9 Å². The zero-order valence-electron chi connectivity index (χ0n) is 7.90. The molecule has 0 aromatic carbocycles. The van der Waals surface area contributed by atoms with Gasteiger partial charge in [-0.25, -0.2) is 0 Å². The standard InChI is InChI=1S/C10H17BrO/c1-9-4-3-8(5-12-7-9)10(9,2)6-11/h8H,3-7H2,1-2H3/t8-,9+,10-/m0/s1. The first kappa shape index (κ1) is 9.01. The van der Waals surface area contributed by atoms with Gasteiger partial charge in [-0.05, 0) is 29.6 Å². The maximum atomic E-state index is 5.64. The van der Waals surface area contributed by atoms with Crippen molar-refractivity contribution in [3.05, 3.63) is 0 Å². The Kier molecular flexibility index (Phi) is 2.04. The van der Waals surface area contributed by atoms with Crippen molar-refractivity contribution in [1.29, 1.82) is 0 Å². The zero-order chi connectivity index (χ0) is 8.82. The van der Waals surface area contributed by atoms with E-state index < -0.39 is 0 Å². The van der Waals surface area contributed by atoms with Crippen molar-refractivity contribution < 1.29 is 4.74 Å². The van der Waals surface area contributed by atoms with Gasteiger partial charge in [0.1, 0.15) is 0 Å². The predicted octanol–water partition coefficient (Wildman–Crippen LogP) is 2.83. The molecule has 70 valence electrons. The summed E-state index contributed by atoms with van der Waals surface area (Å²) < 4.78 is 5.64. The first-order valence-electron chi connectivity index (χ1n) is 4.76. The maximum absolute atomic E-state index is 5.64. The van der Waals surface area contributed by atoms with Crippen LogP contribution in [0.2, 0.25) is 0 Å². The highest BCUT2D eigenvalue weighted by Gasteiger charge is 2.56. The number of rotatable bonds is 1. The van der Waals surface area contributed by atoms with Gasteiger partial charge in [0.15, 0.2) is 0 Å². The van der Waals surface area contributed by atoms with E-state index in [4.69, 9.17) is 4.74 Å². The highest BCUT2D eigenvalue weighted by Crippen LogP contribution is 2.59. The van der Waals surface area contributed by atoms with Gasteiger partial charge in [0, 0.05) is 11.9 Å². The summed E-state index contributed by atoms with van der Waals surface area (Å²) in [7, 11) is 0. The summed E-state index contributed by atoms with van der Waals surface area (Å²) in [6.07, 6.45) is 2.71. The van der Waals surface area contributed by atoms with Crippen LogP contribution in [0.5, 0.6) is 0 Å². The summed E-state index contributed by atoms with van der Waals surface area (Å²) in [5, 5.41) is 1.13. The average Bonchev–Trinajstić information content (AvgIpc) is 2.27. The molecule has 2 fully saturated rings. The summed E-state index contributed by atoms with van der Waals surface area (Å²) in [6.45, 7) is 6.75. The van der Waals surface area contributed by atoms with Gasteiger partial charge < -0.3 is 4.74 Å². The van der Waals surface area contributed by atoms with Crippen molar-refractivity contribution in [1.82, 2.24) is 0 Å². The van der Waals surface area contributed by atoms with Gasteiger partial charge in [0.05, 0.1) is 6.61 Å². The first-order valence-corrected chi connectivity index (χ1v) is 5.88. The van der Waals surface area contributed by atoms with E-state index in [-0.39, 0.29) is 0 Å². The van der Waals surface area contributed by atoms with E-state index in [1.807, 2.05) is 0 Å². The SMILES string of the molecule is C[C@@]12CC[C@@H](COC1)[C@]2(C)CBr. The quantitative estimate of drug-likeness (QED) is 0.633. The average molecular weight is 233 g/mol. The van der Waals surface area contributed by atoms with E-state index in [9.17, 15) is 0 Å². The molecule has 0 unspecified atom stereocenters. The third-order valence-electron chi connectivity index (χ3n) is 4.34. The maximum Gasteiger partial charge on any atom is 0.0525 e. The molecule has 3 atom stereocenters. The van der Waals surface area contributed by atoms with Crippen LogP contribution in [0.4, 0.5) is 0 Å². The topological polar surface area (TPSA) is 9.23 Å². The van der Waals surface area contributed by atoms with Gasteiger partial charge in [-0.1, -0.05) is 29.8 Å². The van der Waals surface area contributed by atoms with Gasteiger partial charge in [-0.15, -0.1) is 0 Å². The fourth-order valence-corrected chi connectivity index (χ4v) is 3.93. The minimum absolute atomic E-state index is 0.430. The zero-order valence-corrected chi connectivity index (χ0v) is 9.49. The fourth-order valence-electron chi connectivity index (χ4n) is 2.79. The van der Waals surface area contributed by atoms with E-state index in [2.05, 4.69) is 29.8 Å². The summed E-state index contributed by atoms with van der Waals surface area (Å²) in [5.41, 5.74) is 0.907. The lowest BCUT2D eigenvalue weighted by Crippen LogP contribution is -2.47. The summed E-state index contributed by atoms with van der Waals surface area (Å²) in [4.78, 5) is 0. The van der Waals surface area contributed by atoms with E-state index in [0.29, 0.717) is 10.8 Å². The molecular weight excluding hydrogens is 216 g/mol. The van der Waals surface area contributed by atoms with Crippen molar-refractivity contribution in [2.75, 3.05) is 18.5 Å². The molecule has 2 rings (SSSR count). The van der Waals surface area contributed by atoms with E-state index in [1.54, 1.807) is 0 Å². The van der Waals surface area contributed by atoms with Crippen LogP contribution in [-0.2, 0) is 4.74 Å². The Hall–Kier alpha value is 0.440. The van der Waals surface area contributed by atoms with Crippen LogP contribution in [0.15, 0.2) is 0 Å². The van der Waals surface area contributed by atoms with Crippen molar-refractivity contribution in [2.45, 2.75) is 26.7 Å². The molecule has 0 spiro atoms. The van der Waals surface area contributed by atoms with Gasteiger partial charge in [-0.2, -0.15) is 0 Å². The molecule has 1 nitrogen and oxygen atoms in total. The van der Waals surface area contributed by atoms with Gasteiger partial charge in [0.25, 0.3) is 0 Å². The highest BCUT2D eigenvalue weighted by atomic mass is 79.9. The number of halogens is 1. The van der Waals surface area contributed by atoms with E-state index in [0.717, 1.165) is 24.5 Å². The van der Waals surface area contributed by atoms with Crippen LogP contribution >= 0.6 is 15.9 Å². The molecule has 2 heteroatoms. The molecule has 1 aliphatic carbocycles. The lowest BCUT2D eigenvalue weighted by Gasteiger charge is -2.47. The normalized spacial score (nSPS) is 52.8. The van der Waals surface area contributed by atoms with Crippen molar-refractivity contribution in [3.8, 4) is 0 Å². The molecule has 12 heavy (non-hydrogen) atoms. The molecule has 2 bridgehead atoms. The van der Waals surface area contributed by atoms with Crippen LogP contribution in [0, 0.1) is 16.7 Å². The van der Waals surface area contributed by atoms with Crippen LogP contribution in [0.25, 0.3) is 0 Å². The lowest BCUT2D eigenvalue weighted by molar-refractivity contribution is -0.0840. The summed E-state index contributed by atoms with van der Waals surface area (Å²) >= 11 is 3.67. The summed E-state index contributed by atoms with van der Waals surface area (Å²) in [5.74, 6) is 0.788. The Morgan fingerprint density at radius 2 is 2.25 bits per heavy atom. The third kappa shape index (κ3) is 0.941. The second-order valence-corrected chi connectivity index (χ2v) is 5.42. The number of fused-ring (bicyclic) bond motifs is 2. The lowest BCUT2D eigenvalue weighted by atomic mass is 9.65. The molecule has 0 aromatic heterocycles. The second-order valence-electron chi connectivity index (χ2n) is 4.86. The second kappa shape index (κ2) is 2.71. The van der Waals surface area contributed by atoms with Gasteiger partial charge in [-0.3, -0.25) is 0 Å². The van der Waals surface area contributed by atoms with E-state index >= 15 is 0 Å². The molecular formula is C10H17BrO. The van der Waals surface area contributed by atoms with E-state index in [1.165, 1.54) is 12.8 Å². The largest absolute Gasteiger partial charge is 0.381 e. The molecule has 0 radical (unpaired) electrons. The first-order chi connectivity index (χ1) is 5.62. The number of alkyl halides is 1. The third-order valence-corrected chi connectivity index (χ3v) is 5.51. The Balaban J connectivity index is 2.32. The fraction of sp³-hybridized carbons (Fsp3) is 1.00. The Labute approximate surface area is 83.0 Å². The molecule has 1 saturated heterocycles. The monoisotopic (exact) mass is 232 g/mol. The Morgan fingerprint density at radius 3 is 2.75 bits per heavy atom. The molecule has 0 aromatic rings. The molecule has 0 amide bonds. The molecule has 1 heterocycles. The minimum atomic E-state index is 0.430. The molecule has 2 aliphatic rings. The van der Waals surface area contributed by atoms with Crippen molar-refractivity contribution in [3.63, 3.8) is 0 Å². The van der Waals surface area contributed by atoms with Crippen LogP contribution in [-0.4, -0.2) is 18.5 Å². The molecule has 1 aliphatic heterocycles. The van der Waals surface area contributed by atoms with Crippen LogP contribution in [0.3, 0.4) is 0 Å². The predicted molar refractivity (Wildman–Crippen MR) is 53.6 cm³/mol. The number of hydrogen-bond donors (Lipinski definition) is 0. The van der Waals surface area contributed by atoms with Gasteiger partial charge in [0.2, 0.25) is 0 Å². The molecule has 1 saturated carbocycles. The number of hydrogen-bond acceptors (Lipinski definition) is 1. The van der Waals surface area contributed by atoms with Crippen molar-refractivity contribution in [2.24, 2.45) is 16.7 Å².